The van der Waals surface area contributed by atoms with Gasteiger partial charge in [-0.2, -0.15) is 0 Å². The van der Waals surface area contributed by atoms with Gasteiger partial charge in [-0.25, -0.2) is 0 Å². The normalized spacial score (nSPS) is 33.5. The first-order valence-electron chi connectivity index (χ1n) is 8.92. The molecule has 2 N–H and O–H groups in total. The molecule has 3 aliphatic rings. The monoisotopic (exact) mass is 280 g/mol. The molecular weight excluding hydrogens is 248 g/mol. The molecule has 2 saturated carbocycles. The van der Waals surface area contributed by atoms with E-state index in [2.05, 4.69) is 10.2 Å². The van der Waals surface area contributed by atoms with Crippen LogP contribution in [-0.2, 0) is 0 Å². The second-order valence-electron chi connectivity index (χ2n) is 7.47. The number of piperidine rings is 1. The van der Waals surface area contributed by atoms with Crippen molar-refractivity contribution in [3.63, 3.8) is 0 Å². The largest absolute Gasteiger partial charge is 0.396 e. The molecule has 2 unspecified atom stereocenters. The number of likely N-dealkylation sites (tertiary alicyclic amines) is 1. The molecule has 1 heterocycles. The highest BCUT2D eigenvalue weighted by Gasteiger charge is 2.31. The standard InChI is InChI=1S/C17H32N2O/c20-9-8-15-10-17(18-16-6-1-2-7-16)13-19(12-15)11-14-4-3-5-14/h14-18,20H,1-13H2. The van der Waals surface area contributed by atoms with Crippen LogP contribution in [0.5, 0.6) is 0 Å². The predicted molar refractivity (Wildman–Crippen MR) is 82.8 cm³/mol. The minimum atomic E-state index is 0.359. The van der Waals surface area contributed by atoms with Gasteiger partial charge >= 0.3 is 0 Å². The van der Waals surface area contributed by atoms with Gasteiger partial charge in [-0.3, -0.25) is 0 Å². The van der Waals surface area contributed by atoms with Crippen LogP contribution >= 0.6 is 0 Å². The van der Waals surface area contributed by atoms with Gasteiger partial charge in [0.2, 0.25) is 0 Å². The predicted octanol–water partition coefficient (Wildman–Crippen LogP) is 2.39. The van der Waals surface area contributed by atoms with E-state index in [9.17, 15) is 5.11 Å². The van der Waals surface area contributed by atoms with Gasteiger partial charge in [0.1, 0.15) is 0 Å². The first-order chi connectivity index (χ1) is 9.83. The summed E-state index contributed by atoms with van der Waals surface area (Å²) in [6.45, 7) is 4.14. The van der Waals surface area contributed by atoms with Gasteiger partial charge in [0, 0.05) is 38.3 Å². The lowest BCUT2D eigenvalue weighted by Gasteiger charge is -2.42. The van der Waals surface area contributed by atoms with Crippen LogP contribution in [0.15, 0.2) is 0 Å². The lowest BCUT2D eigenvalue weighted by Crippen LogP contribution is -2.52. The molecule has 1 aliphatic heterocycles. The van der Waals surface area contributed by atoms with Crippen molar-refractivity contribution in [1.29, 1.82) is 0 Å². The maximum Gasteiger partial charge on any atom is 0.0434 e. The third-order valence-electron chi connectivity index (χ3n) is 5.72. The maximum atomic E-state index is 9.28. The molecule has 0 bridgehead atoms. The average molecular weight is 280 g/mol. The van der Waals surface area contributed by atoms with Crippen LogP contribution in [0.2, 0.25) is 0 Å². The Morgan fingerprint density at radius 2 is 1.70 bits per heavy atom. The lowest BCUT2D eigenvalue weighted by atomic mass is 9.83. The molecule has 0 aromatic carbocycles. The Hall–Kier alpha value is -0.120. The van der Waals surface area contributed by atoms with Gasteiger partial charge in [0.05, 0.1) is 0 Å². The zero-order valence-electron chi connectivity index (χ0n) is 12.9. The van der Waals surface area contributed by atoms with Gasteiger partial charge in [-0.1, -0.05) is 19.3 Å². The van der Waals surface area contributed by atoms with Crippen molar-refractivity contribution < 1.29 is 5.11 Å². The van der Waals surface area contributed by atoms with Crippen LogP contribution in [0.4, 0.5) is 0 Å². The van der Waals surface area contributed by atoms with E-state index >= 15 is 0 Å². The van der Waals surface area contributed by atoms with E-state index in [1.54, 1.807) is 0 Å². The van der Waals surface area contributed by atoms with E-state index in [0.717, 1.165) is 18.4 Å². The fraction of sp³-hybridized carbons (Fsp3) is 1.00. The van der Waals surface area contributed by atoms with Gasteiger partial charge < -0.3 is 15.3 Å². The van der Waals surface area contributed by atoms with E-state index in [1.807, 2.05) is 0 Å². The van der Waals surface area contributed by atoms with Crippen LogP contribution in [0, 0.1) is 11.8 Å². The van der Waals surface area contributed by atoms with Crippen molar-refractivity contribution in [3.05, 3.63) is 0 Å². The SMILES string of the molecule is OCCC1CC(NC2CCCC2)CN(CC2CCC2)C1. The average Bonchev–Trinajstić information content (AvgIpc) is 2.87. The van der Waals surface area contributed by atoms with E-state index in [4.69, 9.17) is 0 Å². The zero-order chi connectivity index (χ0) is 13.8. The van der Waals surface area contributed by atoms with Gasteiger partial charge in [0.25, 0.3) is 0 Å². The summed E-state index contributed by atoms with van der Waals surface area (Å²) in [6.07, 6.45) is 12.2. The molecule has 0 radical (unpaired) electrons. The number of rotatable bonds is 6. The summed E-state index contributed by atoms with van der Waals surface area (Å²) in [6, 6.07) is 1.45. The third-order valence-corrected chi connectivity index (χ3v) is 5.72. The Labute approximate surface area is 124 Å². The number of nitrogens with one attached hydrogen (secondary N) is 1. The quantitative estimate of drug-likeness (QED) is 0.784. The Bertz CT molecular complexity index is 287. The van der Waals surface area contributed by atoms with Crippen molar-refractivity contribution in [2.75, 3.05) is 26.2 Å². The van der Waals surface area contributed by atoms with Crippen molar-refractivity contribution in [2.24, 2.45) is 11.8 Å². The number of nitrogens with zero attached hydrogens (tertiary/aromatic N) is 1. The second kappa shape index (κ2) is 7.24. The van der Waals surface area contributed by atoms with E-state index < -0.39 is 0 Å². The van der Waals surface area contributed by atoms with Crippen LogP contribution in [0.3, 0.4) is 0 Å². The summed E-state index contributed by atoms with van der Waals surface area (Å²) in [5.41, 5.74) is 0. The van der Waals surface area contributed by atoms with Crippen LogP contribution < -0.4 is 5.32 Å². The Morgan fingerprint density at radius 3 is 2.35 bits per heavy atom. The number of hydrogen-bond acceptors (Lipinski definition) is 3. The van der Waals surface area contributed by atoms with Gasteiger partial charge in [-0.15, -0.1) is 0 Å². The van der Waals surface area contributed by atoms with Crippen molar-refractivity contribution >= 4 is 0 Å². The van der Waals surface area contributed by atoms with Crippen LogP contribution in [-0.4, -0.2) is 48.3 Å². The van der Waals surface area contributed by atoms with Gasteiger partial charge in [0.15, 0.2) is 0 Å². The fourth-order valence-electron chi connectivity index (χ4n) is 4.43. The molecule has 3 heteroatoms. The Balaban J connectivity index is 1.51. The summed E-state index contributed by atoms with van der Waals surface area (Å²) in [5.74, 6) is 1.67. The van der Waals surface area contributed by atoms with Crippen molar-refractivity contribution in [1.82, 2.24) is 10.2 Å². The smallest absolute Gasteiger partial charge is 0.0434 e. The highest BCUT2D eigenvalue weighted by Crippen LogP contribution is 2.30. The Morgan fingerprint density at radius 1 is 0.900 bits per heavy atom. The molecule has 0 spiro atoms. The van der Waals surface area contributed by atoms with Crippen molar-refractivity contribution in [3.8, 4) is 0 Å². The number of aliphatic hydroxyl groups excluding tert-OH is 1. The topological polar surface area (TPSA) is 35.5 Å². The molecule has 0 aromatic heterocycles. The molecule has 3 fully saturated rings. The second-order valence-corrected chi connectivity index (χ2v) is 7.47. The Kier molecular flexibility index (Phi) is 5.36. The highest BCUT2D eigenvalue weighted by molar-refractivity contribution is 4.88. The van der Waals surface area contributed by atoms with Crippen LogP contribution in [0.25, 0.3) is 0 Å². The summed E-state index contributed by atoms with van der Waals surface area (Å²) in [4.78, 5) is 2.69. The third kappa shape index (κ3) is 3.96. The lowest BCUT2D eigenvalue weighted by molar-refractivity contribution is 0.0868. The number of aliphatic hydroxyl groups is 1. The molecule has 3 rings (SSSR count). The van der Waals surface area contributed by atoms with Gasteiger partial charge in [-0.05, 0) is 50.4 Å². The van der Waals surface area contributed by atoms with Crippen molar-refractivity contribution in [2.45, 2.75) is 69.9 Å². The molecule has 20 heavy (non-hydrogen) atoms. The minimum Gasteiger partial charge on any atom is -0.396 e. The van der Waals surface area contributed by atoms with E-state index in [1.165, 1.54) is 71.0 Å². The van der Waals surface area contributed by atoms with E-state index in [-0.39, 0.29) is 0 Å². The maximum absolute atomic E-state index is 9.28. The molecule has 1 saturated heterocycles. The first-order valence-corrected chi connectivity index (χ1v) is 8.92. The molecule has 2 atom stereocenters. The highest BCUT2D eigenvalue weighted by atomic mass is 16.3. The first kappa shape index (κ1) is 14.8. The summed E-state index contributed by atoms with van der Waals surface area (Å²) < 4.78 is 0. The minimum absolute atomic E-state index is 0.359. The fourth-order valence-corrected chi connectivity index (χ4v) is 4.43. The van der Waals surface area contributed by atoms with Crippen LogP contribution in [0.1, 0.15) is 57.8 Å². The summed E-state index contributed by atoms with van der Waals surface area (Å²) >= 11 is 0. The molecule has 3 nitrogen and oxygen atoms in total. The molecule has 2 aliphatic carbocycles. The zero-order valence-corrected chi connectivity index (χ0v) is 12.9. The molecule has 116 valence electrons. The summed E-state index contributed by atoms with van der Waals surface area (Å²) in [5, 5.41) is 13.2. The molecule has 0 amide bonds. The molecular formula is C17H32N2O. The molecule has 0 aromatic rings. The summed E-state index contributed by atoms with van der Waals surface area (Å²) in [7, 11) is 0. The number of hydrogen-bond donors (Lipinski definition) is 2. The van der Waals surface area contributed by atoms with E-state index in [0.29, 0.717) is 18.6 Å².